The summed E-state index contributed by atoms with van der Waals surface area (Å²) in [6.45, 7) is 0. The number of ketones is 1. The SMILES string of the molecule is COc1c(Cl)cc(Cl)cc1/C(O)=C1\C(=O)C(=O)N(c2nc3ccc([N+](=O)[O-])cc3s2)C1c1cccs1. The quantitative estimate of drug-likeness (QED) is 0.101. The van der Waals surface area contributed by atoms with Crippen LogP contribution >= 0.6 is 45.9 Å². The highest BCUT2D eigenvalue weighted by Crippen LogP contribution is 2.47. The molecule has 1 unspecified atom stereocenters. The van der Waals surface area contributed by atoms with E-state index < -0.39 is 28.4 Å². The smallest absolute Gasteiger partial charge is 0.301 e. The number of carbonyl (C=O) groups is 2. The zero-order valence-corrected chi connectivity index (χ0v) is 21.2. The third-order valence-electron chi connectivity index (χ3n) is 5.50. The summed E-state index contributed by atoms with van der Waals surface area (Å²) in [5, 5.41) is 24.7. The number of halogens is 2. The summed E-state index contributed by atoms with van der Waals surface area (Å²) in [6.07, 6.45) is 0. The Morgan fingerprint density at radius 1 is 1.22 bits per heavy atom. The van der Waals surface area contributed by atoms with Crippen LogP contribution in [-0.4, -0.2) is 33.8 Å². The fraction of sp³-hybridized carbons (Fsp3) is 0.0870. The van der Waals surface area contributed by atoms with Gasteiger partial charge in [0, 0.05) is 22.0 Å². The van der Waals surface area contributed by atoms with Crippen LogP contribution in [-0.2, 0) is 9.59 Å². The van der Waals surface area contributed by atoms with E-state index in [0.29, 0.717) is 15.1 Å². The van der Waals surface area contributed by atoms with Gasteiger partial charge in [-0.2, -0.15) is 0 Å². The van der Waals surface area contributed by atoms with Gasteiger partial charge in [0.15, 0.2) is 5.13 Å². The number of hydrogen-bond donors (Lipinski definition) is 1. The Labute approximate surface area is 220 Å². The van der Waals surface area contributed by atoms with Crippen LogP contribution in [0.4, 0.5) is 10.8 Å². The van der Waals surface area contributed by atoms with Crippen LogP contribution in [0.5, 0.6) is 5.75 Å². The first-order valence-electron chi connectivity index (χ1n) is 10.1. The molecule has 0 bridgehead atoms. The number of thiophene rings is 1. The highest BCUT2D eigenvalue weighted by atomic mass is 35.5. The molecule has 9 nitrogen and oxygen atoms in total. The number of fused-ring (bicyclic) bond motifs is 1. The van der Waals surface area contributed by atoms with Crippen molar-refractivity contribution in [2.75, 3.05) is 12.0 Å². The lowest BCUT2D eigenvalue weighted by molar-refractivity contribution is -0.384. The van der Waals surface area contributed by atoms with Gasteiger partial charge < -0.3 is 9.84 Å². The molecule has 13 heteroatoms. The Morgan fingerprint density at radius 2 is 2.00 bits per heavy atom. The zero-order valence-electron chi connectivity index (χ0n) is 18.1. The van der Waals surface area contributed by atoms with Crippen molar-refractivity contribution >= 4 is 84.4 Å². The van der Waals surface area contributed by atoms with Crippen molar-refractivity contribution in [2.24, 2.45) is 0 Å². The van der Waals surface area contributed by atoms with E-state index in [-0.39, 0.29) is 37.8 Å². The average molecular weight is 562 g/mol. The van der Waals surface area contributed by atoms with Gasteiger partial charge in [-0.1, -0.05) is 40.6 Å². The molecule has 36 heavy (non-hydrogen) atoms. The van der Waals surface area contributed by atoms with Gasteiger partial charge in [0.05, 0.1) is 38.4 Å². The van der Waals surface area contributed by atoms with E-state index >= 15 is 0 Å². The van der Waals surface area contributed by atoms with E-state index in [1.807, 2.05) is 0 Å². The van der Waals surface area contributed by atoms with Crippen LogP contribution < -0.4 is 9.64 Å². The van der Waals surface area contributed by atoms with Crippen molar-refractivity contribution in [3.63, 3.8) is 0 Å². The molecular formula is C23H13Cl2N3O6S2. The van der Waals surface area contributed by atoms with Crippen molar-refractivity contribution in [2.45, 2.75) is 6.04 Å². The van der Waals surface area contributed by atoms with Crippen molar-refractivity contribution in [1.82, 2.24) is 4.98 Å². The summed E-state index contributed by atoms with van der Waals surface area (Å²) >= 11 is 14.7. The molecule has 1 atom stereocenters. The zero-order chi connectivity index (χ0) is 25.7. The monoisotopic (exact) mass is 561 g/mol. The van der Waals surface area contributed by atoms with E-state index in [4.69, 9.17) is 27.9 Å². The van der Waals surface area contributed by atoms with Gasteiger partial charge in [0.25, 0.3) is 11.5 Å². The minimum Gasteiger partial charge on any atom is -0.507 e. The van der Waals surface area contributed by atoms with E-state index in [1.54, 1.807) is 17.5 Å². The van der Waals surface area contributed by atoms with Crippen LogP contribution in [0.15, 0.2) is 53.4 Å². The normalized spacial score (nSPS) is 17.2. The van der Waals surface area contributed by atoms with Crippen LogP contribution in [0.1, 0.15) is 16.5 Å². The minimum absolute atomic E-state index is 0.0504. The summed E-state index contributed by atoms with van der Waals surface area (Å²) in [4.78, 5) is 43.5. The molecule has 0 saturated carbocycles. The molecule has 2 aromatic carbocycles. The maximum Gasteiger partial charge on any atom is 0.301 e. The number of aromatic nitrogens is 1. The number of Topliss-reactive ketones (excluding diaryl/α,β-unsaturated/α-hetero) is 1. The number of benzene rings is 2. The third kappa shape index (κ3) is 3.90. The highest BCUT2D eigenvalue weighted by Gasteiger charge is 2.49. The number of non-ortho nitro benzene ring substituents is 1. The molecule has 1 amide bonds. The molecule has 2 aromatic heterocycles. The predicted molar refractivity (Wildman–Crippen MR) is 138 cm³/mol. The first kappa shape index (κ1) is 24.2. The fourth-order valence-electron chi connectivity index (χ4n) is 3.95. The average Bonchev–Trinajstić information content (AvgIpc) is 3.56. The topological polar surface area (TPSA) is 123 Å². The van der Waals surface area contributed by atoms with Crippen LogP contribution in [0.3, 0.4) is 0 Å². The van der Waals surface area contributed by atoms with Crippen molar-refractivity contribution in [1.29, 1.82) is 0 Å². The van der Waals surface area contributed by atoms with Crippen molar-refractivity contribution in [3.8, 4) is 5.75 Å². The third-order valence-corrected chi connectivity index (χ3v) is 7.94. The molecule has 182 valence electrons. The highest BCUT2D eigenvalue weighted by molar-refractivity contribution is 7.22. The van der Waals surface area contributed by atoms with Gasteiger partial charge in [0.1, 0.15) is 17.6 Å². The Balaban J connectivity index is 1.73. The first-order valence-corrected chi connectivity index (χ1v) is 12.6. The lowest BCUT2D eigenvalue weighted by Gasteiger charge is -2.21. The lowest BCUT2D eigenvalue weighted by Crippen LogP contribution is -2.28. The number of carbonyl (C=O) groups excluding carboxylic acids is 2. The van der Waals surface area contributed by atoms with Gasteiger partial charge >= 0.3 is 5.91 Å². The van der Waals surface area contributed by atoms with Gasteiger partial charge in [-0.15, -0.1) is 11.3 Å². The van der Waals surface area contributed by atoms with E-state index in [9.17, 15) is 24.8 Å². The second kappa shape index (κ2) is 9.17. The molecular weight excluding hydrogens is 549 g/mol. The summed E-state index contributed by atoms with van der Waals surface area (Å²) in [6, 6.07) is 9.41. The summed E-state index contributed by atoms with van der Waals surface area (Å²) in [5.74, 6) is -2.26. The minimum atomic E-state index is -1.01. The van der Waals surface area contributed by atoms with E-state index in [0.717, 1.165) is 11.3 Å². The molecule has 5 rings (SSSR count). The Bertz CT molecular complexity index is 1600. The molecule has 1 fully saturated rings. The largest absolute Gasteiger partial charge is 0.507 e. The van der Waals surface area contributed by atoms with Gasteiger partial charge in [-0.25, -0.2) is 4.98 Å². The summed E-state index contributed by atoms with van der Waals surface area (Å²) in [7, 11) is 1.35. The summed E-state index contributed by atoms with van der Waals surface area (Å²) in [5.41, 5.74) is 0.161. The number of nitrogens with zero attached hydrogens (tertiary/aromatic N) is 3. The molecule has 4 aromatic rings. The molecule has 1 saturated heterocycles. The second-order valence-corrected chi connectivity index (χ2v) is 10.4. The van der Waals surface area contributed by atoms with Crippen molar-refractivity contribution < 1.29 is 24.4 Å². The lowest BCUT2D eigenvalue weighted by atomic mass is 9.99. The number of ether oxygens (including phenoxy) is 1. The number of nitro groups is 1. The van der Waals surface area contributed by atoms with Crippen LogP contribution in [0, 0.1) is 10.1 Å². The molecule has 1 aliphatic rings. The fourth-order valence-corrected chi connectivity index (χ4v) is 6.37. The number of nitro benzene ring substituents is 1. The molecule has 3 heterocycles. The Morgan fingerprint density at radius 3 is 2.67 bits per heavy atom. The molecule has 0 spiro atoms. The number of aliphatic hydroxyl groups is 1. The molecule has 0 radical (unpaired) electrons. The maximum absolute atomic E-state index is 13.3. The molecule has 0 aliphatic carbocycles. The van der Waals surface area contributed by atoms with Gasteiger partial charge in [-0.05, 0) is 29.6 Å². The number of hydrogen-bond acceptors (Lipinski definition) is 9. The maximum atomic E-state index is 13.3. The number of anilines is 1. The second-order valence-electron chi connectivity index (χ2n) is 7.56. The number of thiazole rings is 1. The van der Waals surface area contributed by atoms with Gasteiger partial charge in [0.2, 0.25) is 0 Å². The van der Waals surface area contributed by atoms with E-state index in [1.165, 1.54) is 53.7 Å². The Kier molecular flexibility index (Phi) is 6.17. The number of aliphatic hydroxyl groups excluding tert-OH is 1. The number of amides is 1. The van der Waals surface area contributed by atoms with Crippen molar-refractivity contribution in [3.05, 3.63) is 84.0 Å². The van der Waals surface area contributed by atoms with Gasteiger partial charge in [-0.3, -0.25) is 24.6 Å². The predicted octanol–water partition coefficient (Wildman–Crippen LogP) is 6.21. The van der Waals surface area contributed by atoms with Crippen LogP contribution in [0.2, 0.25) is 10.0 Å². The molecule has 1 aliphatic heterocycles. The number of rotatable bonds is 5. The summed E-state index contributed by atoms with van der Waals surface area (Å²) < 4.78 is 5.79. The molecule has 1 N–H and O–H groups in total. The first-order chi connectivity index (χ1) is 17.2. The van der Waals surface area contributed by atoms with Crippen LogP contribution in [0.25, 0.3) is 16.0 Å². The standard InChI is InChI=1S/C23H13Cl2N3O6S2/c1-34-21-12(7-10(24)8-13(21)25)19(29)17-18(15-3-2-6-35-15)27(22(31)20(17)30)23-26-14-5-4-11(28(32)33)9-16(14)36-23/h2-9,18,29H,1H3/b19-17+. The Hall–Kier alpha value is -3.51. The van der Waals surface area contributed by atoms with E-state index in [2.05, 4.69) is 4.98 Å². The number of methoxy groups -OCH3 is 1.